The lowest BCUT2D eigenvalue weighted by atomic mass is 10.0. The van der Waals surface area contributed by atoms with Gasteiger partial charge in [-0.1, -0.05) is 42.1 Å². The Balaban J connectivity index is 1.33. The molecule has 0 amide bonds. The van der Waals surface area contributed by atoms with E-state index < -0.39 is 0 Å². The van der Waals surface area contributed by atoms with Crippen LogP contribution in [0.2, 0.25) is 0 Å². The Morgan fingerprint density at radius 1 is 1.03 bits per heavy atom. The summed E-state index contributed by atoms with van der Waals surface area (Å²) in [5.41, 5.74) is 5.37. The molecule has 2 aliphatic rings. The number of rotatable bonds is 6. The minimum absolute atomic E-state index is 0.287. The van der Waals surface area contributed by atoms with Crippen molar-refractivity contribution in [1.29, 1.82) is 0 Å². The molecule has 156 valence electrons. The van der Waals surface area contributed by atoms with Crippen LogP contribution in [-0.4, -0.2) is 14.8 Å². The van der Waals surface area contributed by atoms with Crippen LogP contribution in [0.4, 0.5) is 0 Å². The van der Waals surface area contributed by atoms with E-state index in [2.05, 4.69) is 51.2 Å². The molecule has 0 atom stereocenters. The molecular formula is C25H23N3O2S. The van der Waals surface area contributed by atoms with Crippen LogP contribution in [0.3, 0.4) is 0 Å². The molecule has 1 saturated carbocycles. The van der Waals surface area contributed by atoms with Crippen LogP contribution in [0.1, 0.15) is 53.3 Å². The monoisotopic (exact) mass is 429 g/mol. The Bertz CT molecular complexity index is 1320. The van der Waals surface area contributed by atoms with Gasteiger partial charge in [0.05, 0.1) is 6.54 Å². The first kappa shape index (κ1) is 18.9. The molecule has 6 rings (SSSR count). The third-order valence-electron chi connectivity index (χ3n) is 6.27. The Morgan fingerprint density at radius 2 is 1.84 bits per heavy atom. The lowest BCUT2D eigenvalue weighted by Crippen LogP contribution is -2.06. The van der Waals surface area contributed by atoms with Crippen molar-refractivity contribution in [3.05, 3.63) is 87.0 Å². The fraction of sp³-hybridized carbons (Fsp3) is 0.320. The van der Waals surface area contributed by atoms with Gasteiger partial charge in [0.2, 0.25) is 0 Å². The molecule has 0 saturated heterocycles. The fourth-order valence-corrected chi connectivity index (χ4v) is 5.46. The van der Waals surface area contributed by atoms with Crippen LogP contribution >= 0.6 is 11.8 Å². The predicted octanol–water partition coefficient (Wildman–Crippen LogP) is 5.09. The quantitative estimate of drug-likeness (QED) is 0.316. The van der Waals surface area contributed by atoms with E-state index in [9.17, 15) is 4.79 Å². The van der Waals surface area contributed by atoms with Crippen LogP contribution in [-0.2, 0) is 25.1 Å². The second-order valence-corrected chi connectivity index (χ2v) is 9.48. The van der Waals surface area contributed by atoms with Crippen molar-refractivity contribution in [3.8, 4) is 0 Å². The van der Waals surface area contributed by atoms with E-state index >= 15 is 0 Å². The Hall–Kier alpha value is -2.86. The summed E-state index contributed by atoms with van der Waals surface area (Å²) < 4.78 is 7.78. The maximum Gasteiger partial charge on any atom is 0.336 e. The molecule has 4 aromatic rings. The minimum atomic E-state index is -0.287. The van der Waals surface area contributed by atoms with E-state index in [0.717, 1.165) is 41.3 Å². The molecule has 0 N–H and O–H groups in total. The van der Waals surface area contributed by atoms with Gasteiger partial charge in [0, 0.05) is 23.1 Å². The molecule has 5 nitrogen and oxygen atoms in total. The Kier molecular flexibility index (Phi) is 4.68. The molecule has 0 aliphatic heterocycles. The highest BCUT2D eigenvalue weighted by molar-refractivity contribution is 7.98. The van der Waals surface area contributed by atoms with E-state index in [-0.39, 0.29) is 5.63 Å². The molecule has 31 heavy (non-hydrogen) atoms. The zero-order valence-corrected chi connectivity index (χ0v) is 18.0. The van der Waals surface area contributed by atoms with Crippen molar-refractivity contribution in [2.45, 2.75) is 55.5 Å². The summed E-state index contributed by atoms with van der Waals surface area (Å²) in [6, 6.07) is 16.4. The molecule has 0 bridgehead atoms. The number of nitrogens with zero attached hydrogens (tertiary/aromatic N) is 3. The van der Waals surface area contributed by atoms with Gasteiger partial charge in [-0.3, -0.25) is 0 Å². The smallest absolute Gasteiger partial charge is 0.336 e. The number of fused-ring (bicyclic) bond motifs is 2. The van der Waals surface area contributed by atoms with Gasteiger partial charge in [-0.15, -0.1) is 10.2 Å². The zero-order valence-electron chi connectivity index (χ0n) is 17.2. The van der Waals surface area contributed by atoms with Gasteiger partial charge >= 0.3 is 5.63 Å². The van der Waals surface area contributed by atoms with Crippen molar-refractivity contribution in [1.82, 2.24) is 14.8 Å². The molecule has 0 spiro atoms. The highest BCUT2D eigenvalue weighted by Crippen LogP contribution is 2.40. The van der Waals surface area contributed by atoms with Gasteiger partial charge < -0.3 is 8.98 Å². The summed E-state index contributed by atoms with van der Waals surface area (Å²) in [4.78, 5) is 12.2. The maximum absolute atomic E-state index is 12.2. The maximum atomic E-state index is 12.2. The van der Waals surface area contributed by atoms with Crippen LogP contribution in [0, 0.1) is 0 Å². The second kappa shape index (κ2) is 7.68. The van der Waals surface area contributed by atoms with Crippen LogP contribution < -0.4 is 5.63 Å². The molecular weight excluding hydrogens is 406 g/mol. The number of hydrogen-bond acceptors (Lipinski definition) is 5. The Morgan fingerprint density at radius 3 is 2.65 bits per heavy atom. The topological polar surface area (TPSA) is 60.9 Å². The van der Waals surface area contributed by atoms with Crippen molar-refractivity contribution >= 4 is 22.7 Å². The van der Waals surface area contributed by atoms with Crippen molar-refractivity contribution in [3.63, 3.8) is 0 Å². The molecule has 6 heteroatoms. The van der Waals surface area contributed by atoms with Crippen LogP contribution in [0.25, 0.3) is 11.0 Å². The molecule has 2 heterocycles. The van der Waals surface area contributed by atoms with Gasteiger partial charge in [0.25, 0.3) is 0 Å². The summed E-state index contributed by atoms with van der Waals surface area (Å²) >= 11 is 1.65. The largest absolute Gasteiger partial charge is 0.423 e. The summed E-state index contributed by atoms with van der Waals surface area (Å²) in [5.74, 6) is 2.28. The lowest BCUT2D eigenvalue weighted by molar-refractivity contribution is 0.559. The van der Waals surface area contributed by atoms with Crippen LogP contribution in [0.5, 0.6) is 0 Å². The molecule has 0 unspecified atom stereocenters. The normalized spacial score (nSPS) is 15.5. The highest BCUT2D eigenvalue weighted by Gasteiger charge is 2.30. The summed E-state index contributed by atoms with van der Waals surface area (Å²) in [7, 11) is 0. The van der Waals surface area contributed by atoms with E-state index in [0.29, 0.717) is 17.3 Å². The third-order valence-corrected chi connectivity index (χ3v) is 7.29. The number of hydrogen-bond donors (Lipinski definition) is 0. The Labute approximate surface area is 184 Å². The molecule has 0 radical (unpaired) electrons. The highest BCUT2D eigenvalue weighted by atomic mass is 32.2. The summed E-state index contributed by atoms with van der Waals surface area (Å²) in [6.45, 7) is 0.771. The van der Waals surface area contributed by atoms with Crippen molar-refractivity contribution in [2.75, 3.05) is 0 Å². The first-order valence-electron chi connectivity index (χ1n) is 10.9. The van der Waals surface area contributed by atoms with E-state index in [1.54, 1.807) is 17.8 Å². The molecule has 2 aliphatic carbocycles. The van der Waals surface area contributed by atoms with Crippen LogP contribution in [0.15, 0.2) is 62.9 Å². The average molecular weight is 430 g/mol. The summed E-state index contributed by atoms with van der Waals surface area (Å²) in [6.07, 6.45) is 5.72. The van der Waals surface area contributed by atoms with Crippen molar-refractivity contribution in [2.24, 2.45) is 0 Å². The molecule has 2 aromatic carbocycles. The molecule has 2 aromatic heterocycles. The molecule has 1 fully saturated rings. The third kappa shape index (κ3) is 3.69. The second-order valence-electron chi connectivity index (χ2n) is 8.54. The average Bonchev–Trinajstić information content (AvgIpc) is 3.39. The number of aryl methyl sites for hydroxylation is 2. The number of benzene rings is 2. The summed E-state index contributed by atoms with van der Waals surface area (Å²) in [5, 5.41) is 11.0. The first-order chi connectivity index (χ1) is 15.2. The van der Waals surface area contributed by atoms with Gasteiger partial charge in [0.1, 0.15) is 11.4 Å². The SMILES string of the molecule is O=c1cc(CSc2nnc(C3CC3)n2Cc2ccccc2)c2cc3c(cc2o1)CCC3. The lowest BCUT2D eigenvalue weighted by Gasteiger charge is -2.11. The van der Waals surface area contributed by atoms with Gasteiger partial charge in [0.15, 0.2) is 5.16 Å². The minimum Gasteiger partial charge on any atom is -0.423 e. The van der Waals surface area contributed by atoms with E-state index in [1.807, 2.05) is 6.07 Å². The standard InChI is InChI=1S/C25H23N3O2S/c29-23-13-20(21-11-18-7-4-8-19(18)12-22(21)30-23)15-31-25-27-26-24(17-9-10-17)28(25)14-16-5-2-1-3-6-16/h1-3,5-6,11-13,17H,4,7-10,14-15H2. The van der Waals surface area contributed by atoms with E-state index in [4.69, 9.17) is 4.42 Å². The van der Waals surface area contributed by atoms with Gasteiger partial charge in [-0.25, -0.2) is 4.79 Å². The van der Waals surface area contributed by atoms with Gasteiger partial charge in [-0.05, 0) is 66.5 Å². The van der Waals surface area contributed by atoms with Gasteiger partial charge in [-0.2, -0.15) is 0 Å². The number of thioether (sulfide) groups is 1. The fourth-order valence-electron chi connectivity index (χ4n) is 4.52. The zero-order chi connectivity index (χ0) is 20.8. The first-order valence-corrected chi connectivity index (χ1v) is 11.9. The predicted molar refractivity (Wildman–Crippen MR) is 122 cm³/mol. The van der Waals surface area contributed by atoms with E-state index in [1.165, 1.54) is 36.0 Å². The van der Waals surface area contributed by atoms with Crippen molar-refractivity contribution < 1.29 is 4.42 Å². The number of aromatic nitrogens is 3.